The van der Waals surface area contributed by atoms with E-state index in [-0.39, 0.29) is 0 Å². The second-order valence-corrected chi connectivity index (χ2v) is 6.75. The van der Waals surface area contributed by atoms with Crippen LogP contribution in [0.5, 0.6) is 0 Å². The van der Waals surface area contributed by atoms with E-state index in [1.54, 1.807) is 11.8 Å². The Morgan fingerprint density at radius 1 is 1.00 bits per heavy atom. The highest BCUT2D eigenvalue weighted by atomic mass is 32.2. The lowest BCUT2D eigenvalue weighted by atomic mass is 10.0. The molecule has 0 aliphatic carbocycles. The van der Waals surface area contributed by atoms with Crippen LogP contribution in [0.4, 0.5) is 5.69 Å². The molecule has 0 amide bonds. The topological polar surface area (TPSA) is 20.3 Å². The molecule has 0 atom stereocenters. The summed E-state index contributed by atoms with van der Waals surface area (Å²) >= 11 is 1.67. The summed E-state index contributed by atoms with van der Waals surface area (Å²) in [5, 5.41) is 3.32. The molecule has 0 unspecified atom stereocenters. The maximum absolute atomic E-state index is 11.6. The predicted octanol–water partition coefficient (Wildman–Crippen LogP) is 5.14. The van der Waals surface area contributed by atoms with Crippen molar-refractivity contribution in [1.29, 1.82) is 0 Å². The quantitative estimate of drug-likeness (QED) is 0.607. The maximum Gasteiger partial charge on any atom is 0.133 e. The zero-order valence-electron chi connectivity index (χ0n) is 13.2. The second-order valence-electron chi connectivity index (χ2n) is 5.69. The Labute approximate surface area is 145 Å². The largest absolute Gasteiger partial charge is 0.338 e. The van der Waals surface area contributed by atoms with E-state index in [0.29, 0.717) is 5.57 Å². The fourth-order valence-electron chi connectivity index (χ4n) is 2.90. The van der Waals surface area contributed by atoms with Gasteiger partial charge in [-0.3, -0.25) is 0 Å². The summed E-state index contributed by atoms with van der Waals surface area (Å²) < 4.78 is 0. The normalized spacial score (nSPS) is 14.7. The first kappa shape index (κ1) is 14.8. The van der Waals surface area contributed by atoms with Crippen molar-refractivity contribution in [2.24, 2.45) is 0 Å². The van der Waals surface area contributed by atoms with E-state index in [1.807, 2.05) is 55.6 Å². The molecule has 0 bridgehead atoms. The van der Waals surface area contributed by atoms with Crippen LogP contribution >= 0.6 is 11.8 Å². The number of para-hydroxylation sites is 1. The molecule has 1 aliphatic rings. The number of allylic oxidation sites excluding steroid dienone is 2. The average molecular weight is 329 g/mol. The number of hydrogen-bond acceptors (Lipinski definition) is 3. The molecular weight excluding hydrogens is 314 g/mol. The van der Waals surface area contributed by atoms with Crippen LogP contribution in [0.1, 0.15) is 5.56 Å². The van der Waals surface area contributed by atoms with Crippen LogP contribution in [-0.4, -0.2) is 13.0 Å². The van der Waals surface area contributed by atoms with E-state index in [9.17, 15) is 4.79 Å². The van der Waals surface area contributed by atoms with Crippen molar-refractivity contribution in [3.8, 4) is 0 Å². The Hall–Kier alpha value is -2.74. The van der Waals surface area contributed by atoms with Crippen LogP contribution in [-0.2, 0) is 4.79 Å². The smallest absolute Gasteiger partial charge is 0.133 e. The van der Waals surface area contributed by atoms with Crippen LogP contribution in [0.15, 0.2) is 82.7 Å². The van der Waals surface area contributed by atoms with E-state index in [1.165, 1.54) is 10.3 Å². The van der Waals surface area contributed by atoms with Gasteiger partial charge in [0.05, 0.1) is 16.3 Å². The number of thioether (sulfide) groups is 1. The third-order valence-corrected chi connectivity index (χ3v) is 5.38. The van der Waals surface area contributed by atoms with E-state index in [2.05, 4.69) is 35.1 Å². The molecule has 0 fully saturated rings. The van der Waals surface area contributed by atoms with E-state index in [4.69, 9.17) is 0 Å². The second kappa shape index (κ2) is 6.04. The molecule has 0 N–H and O–H groups in total. The number of fused-ring (bicyclic) bond motifs is 2. The fourth-order valence-corrected chi connectivity index (χ4v) is 3.99. The molecule has 4 rings (SSSR count). The average Bonchev–Trinajstić information content (AvgIpc) is 2.95. The van der Waals surface area contributed by atoms with Crippen LogP contribution in [0.3, 0.4) is 0 Å². The predicted molar refractivity (Wildman–Crippen MR) is 102 cm³/mol. The molecule has 3 heteroatoms. The number of nitrogens with zero attached hydrogens (tertiary/aromatic N) is 1. The van der Waals surface area contributed by atoms with Crippen molar-refractivity contribution in [2.75, 3.05) is 11.9 Å². The summed E-state index contributed by atoms with van der Waals surface area (Å²) in [6, 6.07) is 22.4. The minimum atomic E-state index is 0.572. The molecule has 0 saturated carbocycles. The van der Waals surface area contributed by atoms with Crippen LogP contribution in [0, 0.1) is 0 Å². The summed E-state index contributed by atoms with van der Waals surface area (Å²) in [5.74, 6) is 2.11. The molecule has 0 aromatic heterocycles. The molecule has 24 heavy (non-hydrogen) atoms. The van der Waals surface area contributed by atoms with Crippen molar-refractivity contribution in [3.05, 3.63) is 83.4 Å². The van der Waals surface area contributed by atoms with Gasteiger partial charge in [-0.2, -0.15) is 0 Å². The van der Waals surface area contributed by atoms with Crippen molar-refractivity contribution in [3.63, 3.8) is 0 Å². The lowest BCUT2D eigenvalue weighted by molar-refractivity contribution is 0.569. The summed E-state index contributed by atoms with van der Waals surface area (Å²) in [6.45, 7) is 0. The van der Waals surface area contributed by atoms with Gasteiger partial charge >= 0.3 is 0 Å². The number of rotatable bonds is 2. The first-order valence-corrected chi connectivity index (χ1v) is 8.54. The van der Waals surface area contributed by atoms with Crippen molar-refractivity contribution in [1.82, 2.24) is 0 Å². The van der Waals surface area contributed by atoms with Gasteiger partial charge in [-0.05, 0) is 40.6 Å². The van der Waals surface area contributed by atoms with Gasteiger partial charge in [-0.15, -0.1) is 0 Å². The summed E-state index contributed by atoms with van der Waals surface area (Å²) in [7, 11) is 2.02. The van der Waals surface area contributed by atoms with Crippen molar-refractivity contribution in [2.45, 2.75) is 4.90 Å². The molecule has 1 heterocycles. The minimum Gasteiger partial charge on any atom is -0.338 e. The van der Waals surface area contributed by atoms with Crippen LogP contribution in [0.25, 0.3) is 16.3 Å². The lowest BCUT2D eigenvalue weighted by Gasteiger charge is -2.13. The summed E-state index contributed by atoms with van der Waals surface area (Å²) in [5.41, 5.74) is 2.63. The Balaban J connectivity index is 1.73. The van der Waals surface area contributed by atoms with Gasteiger partial charge in [0, 0.05) is 11.9 Å². The third kappa shape index (κ3) is 2.54. The number of hydrogen-bond donors (Lipinski definition) is 0. The molecule has 3 aromatic rings. The van der Waals surface area contributed by atoms with Gasteiger partial charge in [-0.25, -0.2) is 4.79 Å². The van der Waals surface area contributed by atoms with Gasteiger partial charge in [-0.1, -0.05) is 60.3 Å². The monoisotopic (exact) mass is 329 g/mol. The van der Waals surface area contributed by atoms with E-state index < -0.39 is 0 Å². The highest BCUT2D eigenvalue weighted by Gasteiger charge is 2.21. The summed E-state index contributed by atoms with van der Waals surface area (Å²) in [4.78, 5) is 14.9. The zero-order chi connectivity index (χ0) is 16.5. The molecule has 0 radical (unpaired) electrons. The molecule has 0 saturated heterocycles. The summed E-state index contributed by atoms with van der Waals surface area (Å²) in [6.07, 6.45) is 1.92. The fraction of sp³-hybridized carbons (Fsp3) is 0.0476. The lowest BCUT2D eigenvalue weighted by Crippen LogP contribution is -2.09. The van der Waals surface area contributed by atoms with Gasteiger partial charge in [0.2, 0.25) is 0 Å². The highest BCUT2D eigenvalue weighted by molar-refractivity contribution is 8.03. The van der Waals surface area contributed by atoms with Crippen molar-refractivity contribution < 1.29 is 4.79 Å². The Kier molecular flexibility index (Phi) is 3.73. The third-order valence-electron chi connectivity index (χ3n) is 4.21. The Morgan fingerprint density at radius 3 is 2.54 bits per heavy atom. The number of anilines is 1. The standard InChI is InChI=1S/C21H15NOS/c1-22-19-8-4-5-9-20(19)24-21(22)13-18(14-23)17-11-10-15-6-2-3-7-16(15)12-17/h2-13H,1H3. The number of carbonyl (C=O) groups excluding carboxylic acids is 1. The molecule has 2 nitrogen and oxygen atoms in total. The Morgan fingerprint density at radius 2 is 1.75 bits per heavy atom. The molecule has 116 valence electrons. The maximum atomic E-state index is 11.6. The van der Waals surface area contributed by atoms with Gasteiger partial charge in [0.15, 0.2) is 0 Å². The molecule has 3 aromatic carbocycles. The first-order chi connectivity index (χ1) is 11.8. The van der Waals surface area contributed by atoms with Gasteiger partial charge in [0.1, 0.15) is 5.94 Å². The first-order valence-electron chi connectivity index (χ1n) is 7.73. The van der Waals surface area contributed by atoms with Gasteiger partial charge < -0.3 is 4.90 Å². The van der Waals surface area contributed by atoms with E-state index in [0.717, 1.165) is 21.7 Å². The minimum absolute atomic E-state index is 0.572. The Bertz CT molecular complexity index is 1020. The molecule has 1 aliphatic heterocycles. The highest BCUT2D eigenvalue weighted by Crippen LogP contribution is 2.45. The SMILES string of the molecule is CN1C(=CC(=C=O)c2ccc3ccccc3c2)Sc2ccccc21. The number of benzene rings is 3. The molecular formula is C21H15NOS. The van der Waals surface area contributed by atoms with Crippen LogP contribution in [0.2, 0.25) is 0 Å². The van der Waals surface area contributed by atoms with Crippen molar-refractivity contribution >= 4 is 39.7 Å². The van der Waals surface area contributed by atoms with Gasteiger partial charge in [0.25, 0.3) is 0 Å². The van der Waals surface area contributed by atoms with E-state index >= 15 is 0 Å². The zero-order valence-corrected chi connectivity index (χ0v) is 14.0. The van der Waals surface area contributed by atoms with Crippen LogP contribution < -0.4 is 4.90 Å². The molecule has 0 spiro atoms.